The molecule has 27 heavy (non-hydrogen) atoms. The van der Waals surface area contributed by atoms with Crippen molar-refractivity contribution in [2.45, 2.75) is 59.5 Å². The number of nitriles is 1. The van der Waals surface area contributed by atoms with E-state index in [4.69, 9.17) is 0 Å². The number of anilines is 2. The molecule has 2 aromatic rings. The maximum atomic E-state index is 9.29. The highest BCUT2D eigenvalue weighted by Crippen LogP contribution is 2.40. The minimum Gasteiger partial charge on any atom is -0.325 e. The number of hydrogen-bond donors (Lipinski definition) is 0. The van der Waals surface area contributed by atoms with E-state index in [9.17, 15) is 5.26 Å². The molecular weight excluding hydrogens is 330 g/mol. The molecule has 3 rings (SSSR count). The van der Waals surface area contributed by atoms with Crippen LogP contribution in [0.4, 0.5) is 11.4 Å². The lowest BCUT2D eigenvalue weighted by molar-refractivity contribution is 0.726. The van der Waals surface area contributed by atoms with Crippen molar-refractivity contribution in [3.8, 4) is 6.07 Å². The lowest BCUT2D eigenvalue weighted by Crippen LogP contribution is -2.37. The number of para-hydroxylation sites is 1. The van der Waals surface area contributed by atoms with Gasteiger partial charge < -0.3 is 9.80 Å². The van der Waals surface area contributed by atoms with Crippen molar-refractivity contribution < 1.29 is 0 Å². The zero-order valence-electron chi connectivity index (χ0n) is 17.2. The van der Waals surface area contributed by atoms with Crippen LogP contribution in [0.15, 0.2) is 48.8 Å². The Morgan fingerprint density at radius 2 is 1.52 bits per heavy atom. The van der Waals surface area contributed by atoms with E-state index in [-0.39, 0.29) is 6.17 Å². The van der Waals surface area contributed by atoms with Crippen molar-refractivity contribution in [1.82, 2.24) is 0 Å². The van der Waals surface area contributed by atoms with Gasteiger partial charge in [-0.25, -0.2) is 0 Å². The number of rotatable bonds is 4. The average Bonchev–Trinajstić information content (AvgIpc) is 3.02. The second-order valence-electron chi connectivity index (χ2n) is 7.95. The molecular formula is C24H29N3. The molecule has 0 saturated carbocycles. The smallest absolute Gasteiger partial charge is 0.107 e. The lowest BCUT2D eigenvalue weighted by Gasteiger charge is -2.34. The number of aryl methyl sites for hydroxylation is 1. The largest absolute Gasteiger partial charge is 0.325 e. The maximum Gasteiger partial charge on any atom is 0.107 e. The Balaban J connectivity index is 2.06. The SMILES string of the molecule is Cc1ccc(C#N)cc1N1C=CN(c2c(C(C)C)cccc2C(C)C)[C@H]1C. The number of benzene rings is 2. The predicted octanol–water partition coefficient (Wildman–Crippen LogP) is 6.26. The molecule has 0 fully saturated rings. The van der Waals surface area contributed by atoms with Gasteiger partial charge in [-0.1, -0.05) is 52.0 Å². The van der Waals surface area contributed by atoms with Gasteiger partial charge in [0.2, 0.25) is 0 Å². The minimum absolute atomic E-state index is 0.148. The lowest BCUT2D eigenvalue weighted by atomic mass is 9.92. The highest BCUT2D eigenvalue weighted by Gasteiger charge is 2.29. The van der Waals surface area contributed by atoms with Gasteiger partial charge in [0.15, 0.2) is 0 Å². The van der Waals surface area contributed by atoms with Gasteiger partial charge in [-0.15, -0.1) is 0 Å². The summed E-state index contributed by atoms with van der Waals surface area (Å²) in [6.45, 7) is 13.3. The second kappa shape index (κ2) is 7.48. The molecule has 3 heteroatoms. The summed E-state index contributed by atoms with van der Waals surface area (Å²) in [7, 11) is 0. The Morgan fingerprint density at radius 1 is 0.926 bits per heavy atom. The molecule has 0 unspecified atom stereocenters. The fraction of sp³-hybridized carbons (Fsp3) is 0.375. The summed E-state index contributed by atoms with van der Waals surface area (Å²) in [6, 6.07) is 14.8. The third-order valence-electron chi connectivity index (χ3n) is 5.41. The van der Waals surface area contributed by atoms with Crippen molar-refractivity contribution in [1.29, 1.82) is 5.26 Å². The summed E-state index contributed by atoms with van der Waals surface area (Å²) in [6.07, 6.45) is 4.46. The molecule has 140 valence electrons. The van der Waals surface area contributed by atoms with Crippen molar-refractivity contribution in [2.24, 2.45) is 0 Å². The Labute approximate surface area is 163 Å². The first kappa shape index (κ1) is 19.0. The normalized spacial score (nSPS) is 16.5. The van der Waals surface area contributed by atoms with Crippen LogP contribution in [0.1, 0.15) is 68.7 Å². The monoisotopic (exact) mass is 359 g/mol. The van der Waals surface area contributed by atoms with Gasteiger partial charge in [0.1, 0.15) is 6.17 Å². The van der Waals surface area contributed by atoms with E-state index in [2.05, 4.69) is 88.0 Å². The number of nitrogens with zero attached hydrogens (tertiary/aromatic N) is 3. The van der Waals surface area contributed by atoms with Gasteiger partial charge in [0.25, 0.3) is 0 Å². The standard InChI is InChI=1S/C24H29N3/c1-16(2)21-8-7-9-22(17(3)4)24(21)27-13-12-26(19(27)6)23-14-20(15-25)11-10-18(23)5/h7-14,16-17,19H,1-6H3/t19-/m0/s1. The van der Waals surface area contributed by atoms with Crippen LogP contribution in [0.2, 0.25) is 0 Å². The average molecular weight is 360 g/mol. The highest BCUT2D eigenvalue weighted by molar-refractivity contribution is 5.70. The maximum absolute atomic E-state index is 9.29. The van der Waals surface area contributed by atoms with E-state index >= 15 is 0 Å². The summed E-state index contributed by atoms with van der Waals surface area (Å²) < 4.78 is 0. The fourth-order valence-corrected chi connectivity index (χ4v) is 3.84. The molecule has 0 saturated heterocycles. The third kappa shape index (κ3) is 3.45. The third-order valence-corrected chi connectivity index (χ3v) is 5.41. The Morgan fingerprint density at radius 3 is 2.07 bits per heavy atom. The van der Waals surface area contributed by atoms with Crippen LogP contribution in [0, 0.1) is 18.3 Å². The van der Waals surface area contributed by atoms with Crippen LogP contribution in [-0.2, 0) is 0 Å². The first-order chi connectivity index (χ1) is 12.8. The van der Waals surface area contributed by atoms with E-state index in [1.165, 1.54) is 22.4 Å². The summed E-state index contributed by atoms with van der Waals surface area (Å²) >= 11 is 0. The van der Waals surface area contributed by atoms with Crippen molar-refractivity contribution in [3.05, 3.63) is 71.1 Å². The van der Waals surface area contributed by atoms with E-state index in [0.29, 0.717) is 17.4 Å². The van der Waals surface area contributed by atoms with Crippen LogP contribution in [-0.4, -0.2) is 6.17 Å². The Bertz CT molecular complexity index is 876. The van der Waals surface area contributed by atoms with Gasteiger partial charge in [-0.05, 0) is 54.5 Å². The molecule has 0 N–H and O–H groups in total. The van der Waals surface area contributed by atoms with E-state index < -0.39 is 0 Å². The molecule has 0 aromatic heterocycles. The molecule has 1 aliphatic rings. The first-order valence-electron chi connectivity index (χ1n) is 9.73. The van der Waals surface area contributed by atoms with Crippen molar-refractivity contribution in [2.75, 3.05) is 9.80 Å². The molecule has 0 amide bonds. The number of hydrogen-bond acceptors (Lipinski definition) is 3. The quantitative estimate of drug-likeness (QED) is 0.645. The van der Waals surface area contributed by atoms with E-state index in [1.807, 2.05) is 18.2 Å². The molecule has 2 aromatic carbocycles. The summed E-state index contributed by atoms with van der Waals surface area (Å²) in [5, 5.41) is 9.29. The van der Waals surface area contributed by atoms with Gasteiger partial charge in [-0.3, -0.25) is 0 Å². The van der Waals surface area contributed by atoms with E-state index in [0.717, 1.165) is 5.69 Å². The van der Waals surface area contributed by atoms with Gasteiger partial charge in [-0.2, -0.15) is 5.26 Å². The zero-order valence-corrected chi connectivity index (χ0v) is 17.2. The molecule has 1 aliphatic heterocycles. The molecule has 1 atom stereocenters. The molecule has 0 aliphatic carbocycles. The summed E-state index contributed by atoms with van der Waals surface area (Å²) in [4.78, 5) is 4.64. The minimum atomic E-state index is 0.148. The van der Waals surface area contributed by atoms with Crippen molar-refractivity contribution >= 4 is 11.4 Å². The molecule has 0 bridgehead atoms. The van der Waals surface area contributed by atoms with Crippen LogP contribution in [0.3, 0.4) is 0 Å². The van der Waals surface area contributed by atoms with Crippen LogP contribution >= 0.6 is 0 Å². The van der Waals surface area contributed by atoms with Crippen LogP contribution < -0.4 is 9.80 Å². The molecule has 0 spiro atoms. The molecule has 0 radical (unpaired) electrons. The molecule has 3 nitrogen and oxygen atoms in total. The summed E-state index contributed by atoms with van der Waals surface area (Å²) in [5.74, 6) is 0.911. The van der Waals surface area contributed by atoms with Gasteiger partial charge in [0, 0.05) is 23.8 Å². The van der Waals surface area contributed by atoms with Gasteiger partial charge >= 0.3 is 0 Å². The van der Waals surface area contributed by atoms with Crippen LogP contribution in [0.25, 0.3) is 0 Å². The van der Waals surface area contributed by atoms with Crippen molar-refractivity contribution in [3.63, 3.8) is 0 Å². The summed E-state index contributed by atoms with van der Waals surface area (Å²) in [5.41, 5.74) is 7.04. The van der Waals surface area contributed by atoms with Gasteiger partial charge in [0.05, 0.1) is 11.6 Å². The highest BCUT2D eigenvalue weighted by atomic mass is 15.4. The first-order valence-corrected chi connectivity index (χ1v) is 9.73. The second-order valence-corrected chi connectivity index (χ2v) is 7.95. The molecule has 1 heterocycles. The van der Waals surface area contributed by atoms with E-state index in [1.54, 1.807) is 0 Å². The zero-order chi connectivity index (χ0) is 19.7. The topological polar surface area (TPSA) is 30.3 Å². The van der Waals surface area contributed by atoms with Crippen LogP contribution in [0.5, 0.6) is 0 Å². The fourth-order valence-electron chi connectivity index (χ4n) is 3.84. The predicted molar refractivity (Wildman–Crippen MR) is 114 cm³/mol. The Kier molecular flexibility index (Phi) is 5.28. The Hall–Kier alpha value is -2.73.